The fourth-order valence-electron chi connectivity index (χ4n) is 2.52. The molecule has 0 aromatic heterocycles. The van der Waals surface area contributed by atoms with Gasteiger partial charge in [-0.05, 0) is 29.8 Å². The van der Waals surface area contributed by atoms with Crippen LogP contribution in [0.1, 0.15) is 5.56 Å². The number of urea groups is 1. The van der Waals surface area contributed by atoms with Gasteiger partial charge in [-0.25, -0.2) is 4.79 Å². The number of hydrogen-bond donors (Lipinski definition) is 2. The van der Waals surface area contributed by atoms with E-state index in [2.05, 4.69) is 22.3 Å². The third kappa shape index (κ3) is 4.71. The number of amides is 2. The first-order valence-corrected chi connectivity index (χ1v) is 7.86. The van der Waals surface area contributed by atoms with E-state index in [4.69, 9.17) is 15.2 Å². The van der Waals surface area contributed by atoms with E-state index in [0.717, 1.165) is 18.8 Å². The Balaban J connectivity index is 1.34. The van der Waals surface area contributed by atoms with Gasteiger partial charge in [0.1, 0.15) is 11.9 Å². The van der Waals surface area contributed by atoms with Gasteiger partial charge in [0.2, 0.25) is 0 Å². The molecule has 0 saturated carbocycles. The maximum absolute atomic E-state index is 10.8. The van der Waals surface area contributed by atoms with E-state index in [1.165, 1.54) is 5.56 Å². The van der Waals surface area contributed by atoms with Crippen molar-refractivity contribution in [3.63, 3.8) is 0 Å². The van der Waals surface area contributed by atoms with Crippen LogP contribution in [0.25, 0.3) is 0 Å². The second-order valence-electron chi connectivity index (χ2n) is 5.75. The van der Waals surface area contributed by atoms with Gasteiger partial charge in [-0.3, -0.25) is 4.90 Å². The molecular formula is C18H21N3O3. The highest BCUT2D eigenvalue weighted by atomic mass is 16.5. The van der Waals surface area contributed by atoms with E-state index in [9.17, 15) is 4.79 Å². The van der Waals surface area contributed by atoms with E-state index in [1.807, 2.05) is 30.3 Å². The van der Waals surface area contributed by atoms with Gasteiger partial charge in [-0.1, -0.05) is 30.3 Å². The van der Waals surface area contributed by atoms with Crippen LogP contribution < -0.4 is 15.8 Å². The number of nitrogens with one attached hydrogen (secondary N) is 1. The molecule has 6 heteroatoms. The van der Waals surface area contributed by atoms with Crippen LogP contribution in [0.15, 0.2) is 54.6 Å². The molecular weight excluding hydrogens is 306 g/mol. The number of carbonyl (C=O) groups is 1. The van der Waals surface area contributed by atoms with Gasteiger partial charge < -0.3 is 20.5 Å². The van der Waals surface area contributed by atoms with Gasteiger partial charge >= 0.3 is 6.03 Å². The smallest absolute Gasteiger partial charge is 0.316 e. The van der Waals surface area contributed by atoms with E-state index >= 15 is 0 Å². The molecule has 6 nitrogen and oxygen atoms in total. The summed E-state index contributed by atoms with van der Waals surface area (Å²) < 4.78 is 11.6. The summed E-state index contributed by atoms with van der Waals surface area (Å²) in [5, 5.41) is 2.52. The van der Waals surface area contributed by atoms with Crippen molar-refractivity contribution < 1.29 is 14.3 Å². The zero-order valence-corrected chi connectivity index (χ0v) is 13.4. The molecule has 3 rings (SSSR count). The summed E-state index contributed by atoms with van der Waals surface area (Å²) in [4.78, 5) is 13.0. The number of likely N-dealkylation sites (tertiary alicyclic amines) is 1. The molecule has 0 aliphatic carbocycles. The zero-order chi connectivity index (χ0) is 16.8. The lowest BCUT2D eigenvalue weighted by Gasteiger charge is -2.38. The Hall–Kier alpha value is -2.57. The number of rotatable bonds is 7. The van der Waals surface area contributed by atoms with Crippen LogP contribution in [0.4, 0.5) is 10.5 Å². The first-order valence-electron chi connectivity index (χ1n) is 7.86. The molecule has 1 aliphatic heterocycles. The number of nitrogens with zero attached hydrogens (tertiary/aromatic N) is 1. The highest BCUT2D eigenvalue weighted by molar-refractivity contribution is 5.87. The Morgan fingerprint density at radius 2 is 1.83 bits per heavy atom. The average molecular weight is 327 g/mol. The second kappa shape index (κ2) is 7.81. The molecule has 1 fully saturated rings. The van der Waals surface area contributed by atoms with Gasteiger partial charge in [0.05, 0.1) is 13.3 Å². The minimum absolute atomic E-state index is 0.167. The van der Waals surface area contributed by atoms with Crippen LogP contribution in [0.5, 0.6) is 5.75 Å². The Labute approximate surface area is 141 Å². The van der Waals surface area contributed by atoms with Crippen LogP contribution in [0.3, 0.4) is 0 Å². The first kappa shape index (κ1) is 16.3. The predicted octanol–water partition coefficient (Wildman–Crippen LogP) is 2.41. The summed E-state index contributed by atoms with van der Waals surface area (Å²) in [5.74, 6) is 0.778. The highest BCUT2D eigenvalue weighted by Crippen LogP contribution is 2.20. The zero-order valence-electron chi connectivity index (χ0n) is 13.4. The van der Waals surface area contributed by atoms with Crippen LogP contribution in [0, 0.1) is 0 Å². The summed E-state index contributed by atoms with van der Waals surface area (Å²) in [6, 6.07) is 16.7. The molecule has 3 N–H and O–H groups in total. The number of carbonyl (C=O) groups excluding carboxylic acids is 1. The molecule has 2 aromatic rings. The summed E-state index contributed by atoms with van der Waals surface area (Å²) in [7, 11) is 0. The van der Waals surface area contributed by atoms with Gasteiger partial charge in [0.25, 0.3) is 0 Å². The van der Waals surface area contributed by atoms with E-state index in [0.29, 0.717) is 19.0 Å². The third-order valence-corrected chi connectivity index (χ3v) is 3.73. The van der Waals surface area contributed by atoms with Crippen molar-refractivity contribution in [2.45, 2.75) is 12.7 Å². The molecule has 0 radical (unpaired) electrons. The fraction of sp³-hybridized carbons (Fsp3) is 0.278. The van der Waals surface area contributed by atoms with Crippen LogP contribution in [-0.2, 0) is 11.3 Å². The highest BCUT2D eigenvalue weighted by Gasteiger charge is 2.28. The van der Waals surface area contributed by atoms with E-state index in [1.54, 1.807) is 12.1 Å². The Bertz CT molecular complexity index is 655. The van der Waals surface area contributed by atoms with Gasteiger partial charge in [0, 0.05) is 18.8 Å². The van der Waals surface area contributed by atoms with Crippen molar-refractivity contribution in [3.05, 3.63) is 60.2 Å². The molecule has 1 saturated heterocycles. The molecule has 0 unspecified atom stereocenters. The van der Waals surface area contributed by atoms with Crippen molar-refractivity contribution in [3.8, 4) is 5.75 Å². The van der Waals surface area contributed by atoms with Gasteiger partial charge in [-0.2, -0.15) is 0 Å². The number of hydrogen-bond acceptors (Lipinski definition) is 4. The molecule has 126 valence electrons. The lowest BCUT2D eigenvalue weighted by Crippen LogP contribution is -2.54. The molecule has 0 spiro atoms. The Kier molecular flexibility index (Phi) is 5.30. The van der Waals surface area contributed by atoms with Crippen molar-refractivity contribution in [2.75, 3.05) is 25.1 Å². The van der Waals surface area contributed by atoms with Crippen LogP contribution >= 0.6 is 0 Å². The van der Waals surface area contributed by atoms with Crippen molar-refractivity contribution in [1.82, 2.24) is 4.90 Å². The molecule has 24 heavy (non-hydrogen) atoms. The normalized spacial score (nSPS) is 14.8. The largest absolute Gasteiger partial charge is 0.488 e. The van der Waals surface area contributed by atoms with Crippen LogP contribution in [-0.4, -0.2) is 36.9 Å². The minimum Gasteiger partial charge on any atom is -0.488 e. The van der Waals surface area contributed by atoms with Gasteiger partial charge in [0.15, 0.2) is 0 Å². The predicted molar refractivity (Wildman–Crippen MR) is 91.7 cm³/mol. The topological polar surface area (TPSA) is 76.8 Å². The molecule has 2 aromatic carbocycles. The Morgan fingerprint density at radius 3 is 2.50 bits per heavy atom. The number of ether oxygens (including phenoxy) is 2. The minimum atomic E-state index is -0.575. The lowest BCUT2D eigenvalue weighted by molar-refractivity contribution is -0.0648. The van der Waals surface area contributed by atoms with E-state index in [-0.39, 0.29) is 6.10 Å². The number of nitrogens with two attached hydrogens (primary N) is 1. The molecule has 1 aliphatic rings. The van der Waals surface area contributed by atoms with Crippen molar-refractivity contribution in [2.24, 2.45) is 5.73 Å². The molecule has 0 atom stereocenters. The SMILES string of the molecule is NC(=O)Nc1ccc(OC2CN(COCc3ccccc3)C2)cc1. The standard InChI is InChI=1S/C18H21N3O3/c19-18(22)20-15-6-8-16(9-7-15)24-17-10-21(11-17)13-23-12-14-4-2-1-3-5-14/h1-9,17H,10-13H2,(H3,19,20,22). The molecule has 2 amide bonds. The third-order valence-electron chi connectivity index (χ3n) is 3.73. The number of anilines is 1. The summed E-state index contributed by atoms with van der Waals surface area (Å²) >= 11 is 0. The average Bonchev–Trinajstić information content (AvgIpc) is 2.54. The summed E-state index contributed by atoms with van der Waals surface area (Å²) in [6.45, 7) is 2.92. The number of benzene rings is 2. The molecule has 1 heterocycles. The monoisotopic (exact) mass is 327 g/mol. The molecule has 0 bridgehead atoms. The van der Waals surface area contributed by atoms with Crippen molar-refractivity contribution in [1.29, 1.82) is 0 Å². The van der Waals surface area contributed by atoms with E-state index < -0.39 is 6.03 Å². The van der Waals surface area contributed by atoms with Crippen molar-refractivity contribution >= 4 is 11.7 Å². The summed E-state index contributed by atoms with van der Waals surface area (Å²) in [6.07, 6.45) is 0.167. The fourth-order valence-corrected chi connectivity index (χ4v) is 2.52. The quantitative estimate of drug-likeness (QED) is 0.819. The second-order valence-corrected chi connectivity index (χ2v) is 5.75. The first-order chi connectivity index (χ1) is 11.7. The maximum Gasteiger partial charge on any atom is 0.316 e. The Morgan fingerprint density at radius 1 is 1.12 bits per heavy atom. The maximum atomic E-state index is 10.8. The number of primary amides is 1. The lowest BCUT2D eigenvalue weighted by atomic mass is 10.2. The van der Waals surface area contributed by atoms with Crippen LogP contribution in [0.2, 0.25) is 0 Å². The van der Waals surface area contributed by atoms with Gasteiger partial charge in [-0.15, -0.1) is 0 Å². The summed E-state index contributed by atoms with van der Waals surface area (Å²) in [5.41, 5.74) is 6.90.